The molecule has 0 saturated heterocycles. The van der Waals surface area contributed by atoms with Gasteiger partial charge in [0.05, 0.1) is 18.3 Å². The molecule has 5 heteroatoms. The van der Waals surface area contributed by atoms with Crippen molar-refractivity contribution in [3.63, 3.8) is 0 Å². The van der Waals surface area contributed by atoms with Crippen LogP contribution in [0, 0.1) is 0 Å². The molecule has 1 unspecified atom stereocenters. The summed E-state index contributed by atoms with van der Waals surface area (Å²) in [4.78, 5) is 11.8. The minimum absolute atomic E-state index is 0.00971. The number of ether oxygens (including phenoxy) is 1. The number of carbonyl (C=O) groups is 1. The monoisotopic (exact) mass is 254 g/mol. The molecular weight excluding hydrogens is 232 g/mol. The Morgan fingerprint density at radius 1 is 1.50 bits per heavy atom. The zero-order valence-electron chi connectivity index (χ0n) is 11.2. The van der Waals surface area contributed by atoms with Crippen molar-refractivity contribution in [2.75, 3.05) is 20.3 Å². The van der Waals surface area contributed by atoms with E-state index in [9.17, 15) is 4.79 Å². The van der Waals surface area contributed by atoms with Crippen LogP contribution < -0.4 is 10.6 Å². The van der Waals surface area contributed by atoms with Gasteiger partial charge in [-0.2, -0.15) is 0 Å². The Bertz CT molecular complexity index is 338. The second-order valence-corrected chi connectivity index (χ2v) is 4.26. The Morgan fingerprint density at radius 3 is 2.89 bits per heavy atom. The molecule has 0 aromatic carbocycles. The number of amides is 1. The molecule has 0 aliphatic carbocycles. The maximum Gasteiger partial charge on any atom is 0.236 e. The molecule has 102 valence electrons. The first kappa shape index (κ1) is 14.7. The second kappa shape index (κ2) is 7.89. The second-order valence-electron chi connectivity index (χ2n) is 4.26. The van der Waals surface area contributed by atoms with Crippen LogP contribution in [-0.2, 0) is 9.53 Å². The molecule has 0 fully saturated rings. The Kier molecular flexibility index (Phi) is 6.46. The lowest BCUT2D eigenvalue weighted by Gasteiger charge is -2.18. The van der Waals surface area contributed by atoms with Gasteiger partial charge in [0.15, 0.2) is 0 Å². The number of furan rings is 1. The van der Waals surface area contributed by atoms with E-state index in [1.807, 2.05) is 26.0 Å². The summed E-state index contributed by atoms with van der Waals surface area (Å²) in [6.07, 6.45) is 2.45. The van der Waals surface area contributed by atoms with Crippen LogP contribution in [-0.4, -0.2) is 32.2 Å². The average Bonchev–Trinajstić information content (AvgIpc) is 2.88. The summed E-state index contributed by atoms with van der Waals surface area (Å²) in [5, 5.41) is 6.04. The number of nitrogens with one attached hydrogen (secondary N) is 2. The molecule has 0 aliphatic heterocycles. The lowest BCUT2D eigenvalue weighted by Crippen LogP contribution is -2.43. The van der Waals surface area contributed by atoms with Gasteiger partial charge in [-0.3, -0.25) is 10.1 Å². The van der Waals surface area contributed by atoms with Crippen molar-refractivity contribution in [3.05, 3.63) is 24.2 Å². The molecule has 1 rings (SSSR count). The van der Waals surface area contributed by atoms with E-state index < -0.39 is 0 Å². The summed E-state index contributed by atoms with van der Waals surface area (Å²) < 4.78 is 10.2. The molecule has 0 spiro atoms. The van der Waals surface area contributed by atoms with Crippen molar-refractivity contribution >= 4 is 5.91 Å². The van der Waals surface area contributed by atoms with E-state index in [2.05, 4.69) is 10.6 Å². The van der Waals surface area contributed by atoms with E-state index in [4.69, 9.17) is 9.15 Å². The smallest absolute Gasteiger partial charge is 0.236 e. The quantitative estimate of drug-likeness (QED) is 0.690. The van der Waals surface area contributed by atoms with Crippen molar-refractivity contribution in [2.45, 2.75) is 32.4 Å². The van der Waals surface area contributed by atoms with Crippen molar-refractivity contribution < 1.29 is 13.9 Å². The lowest BCUT2D eigenvalue weighted by atomic mass is 10.2. The number of hydrogen-bond acceptors (Lipinski definition) is 4. The summed E-state index contributed by atoms with van der Waals surface area (Å²) >= 11 is 0. The van der Waals surface area contributed by atoms with Crippen molar-refractivity contribution in [1.82, 2.24) is 10.6 Å². The minimum Gasteiger partial charge on any atom is -0.468 e. The molecule has 5 nitrogen and oxygen atoms in total. The maximum absolute atomic E-state index is 11.8. The summed E-state index contributed by atoms with van der Waals surface area (Å²) in [7, 11) is 1.65. The third-order valence-corrected chi connectivity index (χ3v) is 2.69. The van der Waals surface area contributed by atoms with Gasteiger partial charge in [0, 0.05) is 20.3 Å². The van der Waals surface area contributed by atoms with Gasteiger partial charge in [-0.15, -0.1) is 0 Å². The van der Waals surface area contributed by atoms with Crippen LogP contribution in [0.4, 0.5) is 0 Å². The van der Waals surface area contributed by atoms with Gasteiger partial charge in [0.2, 0.25) is 5.91 Å². The number of hydrogen-bond donors (Lipinski definition) is 2. The highest BCUT2D eigenvalue weighted by Gasteiger charge is 2.16. The molecule has 18 heavy (non-hydrogen) atoms. The Labute approximate surface area is 108 Å². The molecular formula is C13H22N2O3. The largest absolute Gasteiger partial charge is 0.468 e. The molecule has 0 saturated carbocycles. The van der Waals surface area contributed by atoms with Gasteiger partial charge in [0.25, 0.3) is 0 Å². The fourth-order valence-electron chi connectivity index (χ4n) is 1.65. The highest BCUT2D eigenvalue weighted by Crippen LogP contribution is 2.12. The highest BCUT2D eigenvalue weighted by atomic mass is 16.5. The van der Waals surface area contributed by atoms with Crippen LogP contribution in [0.3, 0.4) is 0 Å². The summed E-state index contributed by atoms with van der Waals surface area (Å²) in [6, 6.07) is 3.48. The fraction of sp³-hybridized carbons (Fsp3) is 0.615. The number of carbonyl (C=O) groups excluding carboxylic acids is 1. The van der Waals surface area contributed by atoms with Gasteiger partial charge < -0.3 is 14.5 Å². The first-order valence-electron chi connectivity index (χ1n) is 6.21. The lowest BCUT2D eigenvalue weighted by molar-refractivity contribution is -0.123. The van der Waals surface area contributed by atoms with Crippen molar-refractivity contribution in [2.24, 2.45) is 0 Å². The topological polar surface area (TPSA) is 63.5 Å². The zero-order chi connectivity index (χ0) is 13.4. The van der Waals surface area contributed by atoms with E-state index in [1.165, 1.54) is 0 Å². The van der Waals surface area contributed by atoms with E-state index in [-0.39, 0.29) is 18.0 Å². The van der Waals surface area contributed by atoms with Gasteiger partial charge >= 0.3 is 0 Å². The van der Waals surface area contributed by atoms with Crippen LogP contribution in [0.1, 0.15) is 32.1 Å². The van der Waals surface area contributed by atoms with E-state index in [0.29, 0.717) is 13.2 Å². The molecule has 1 heterocycles. The van der Waals surface area contributed by atoms with Crippen LogP contribution in [0.2, 0.25) is 0 Å². The number of methoxy groups -OCH3 is 1. The molecule has 2 N–H and O–H groups in total. The van der Waals surface area contributed by atoms with Gasteiger partial charge in [0.1, 0.15) is 5.76 Å². The predicted molar refractivity (Wildman–Crippen MR) is 69.2 cm³/mol. The van der Waals surface area contributed by atoms with Gasteiger partial charge in [-0.1, -0.05) is 0 Å². The van der Waals surface area contributed by atoms with Gasteiger partial charge in [-0.25, -0.2) is 0 Å². The third kappa shape index (κ3) is 4.89. The average molecular weight is 254 g/mol. The van der Waals surface area contributed by atoms with Crippen molar-refractivity contribution in [1.29, 1.82) is 0 Å². The molecule has 0 aliphatic rings. The molecule has 1 aromatic rings. The van der Waals surface area contributed by atoms with Crippen LogP contribution >= 0.6 is 0 Å². The number of rotatable bonds is 8. The van der Waals surface area contributed by atoms with Crippen LogP contribution in [0.15, 0.2) is 22.8 Å². The molecule has 0 bridgehead atoms. The van der Waals surface area contributed by atoms with Crippen LogP contribution in [0.25, 0.3) is 0 Å². The minimum atomic E-state index is -0.257. The molecule has 2 atom stereocenters. The summed E-state index contributed by atoms with van der Waals surface area (Å²) in [5.74, 6) is 0.818. The SMILES string of the molecule is COCCCNC(=O)C(C)N[C@@H](C)c1ccco1. The van der Waals surface area contributed by atoms with Crippen molar-refractivity contribution in [3.8, 4) is 0 Å². The standard InChI is InChI=1S/C13H22N2O3/c1-10(12-6-4-9-18-12)15-11(2)13(16)14-7-5-8-17-3/h4,6,9-11,15H,5,7-8H2,1-3H3,(H,14,16)/t10-,11?/m0/s1. The highest BCUT2D eigenvalue weighted by molar-refractivity contribution is 5.81. The third-order valence-electron chi connectivity index (χ3n) is 2.69. The van der Waals surface area contributed by atoms with E-state index in [0.717, 1.165) is 12.2 Å². The molecule has 1 aromatic heterocycles. The molecule has 1 amide bonds. The predicted octanol–water partition coefficient (Wildman–Crippen LogP) is 1.47. The Morgan fingerprint density at radius 2 is 2.28 bits per heavy atom. The summed E-state index contributed by atoms with van der Waals surface area (Å²) in [5.41, 5.74) is 0. The fourth-order valence-corrected chi connectivity index (χ4v) is 1.65. The van der Waals surface area contributed by atoms with Crippen LogP contribution in [0.5, 0.6) is 0 Å². The first-order chi connectivity index (χ1) is 8.65. The van der Waals surface area contributed by atoms with Gasteiger partial charge in [-0.05, 0) is 32.4 Å². The maximum atomic E-state index is 11.8. The van der Waals surface area contributed by atoms with E-state index in [1.54, 1.807) is 13.4 Å². The first-order valence-corrected chi connectivity index (χ1v) is 6.21. The zero-order valence-corrected chi connectivity index (χ0v) is 11.2. The Hall–Kier alpha value is -1.33. The Balaban J connectivity index is 2.27. The van der Waals surface area contributed by atoms with E-state index >= 15 is 0 Å². The summed E-state index contributed by atoms with van der Waals surface area (Å²) in [6.45, 7) is 5.09. The normalized spacial score (nSPS) is 14.2. The molecule has 0 radical (unpaired) electrons.